The number of morpholine rings is 1. The molecule has 1 N–H and O–H groups in total. The minimum Gasteiger partial charge on any atom is -0.478 e. The maximum Gasteiger partial charge on any atom is 0.335 e. The van der Waals surface area contributed by atoms with E-state index in [1.807, 2.05) is 4.90 Å². The summed E-state index contributed by atoms with van der Waals surface area (Å²) in [4.78, 5) is 25.4. The number of benzene rings is 1. The number of ether oxygens (including phenoxy) is 1. The second-order valence-corrected chi connectivity index (χ2v) is 5.68. The number of rotatable bonds is 3. The predicted octanol–water partition coefficient (Wildman–Crippen LogP) is 1.71. The van der Waals surface area contributed by atoms with Crippen LogP contribution in [0.1, 0.15) is 35.2 Å². The molecule has 1 heterocycles. The van der Waals surface area contributed by atoms with E-state index in [-0.39, 0.29) is 30.0 Å². The van der Waals surface area contributed by atoms with Gasteiger partial charge in [-0.15, -0.1) is 0 Å². The molecule has 1 saturated carbocycles. The number of carboxylic acid groups (broad SMARTS) is 1. The van der Waals surface area contributed by atoms with Gasteiger partial charge in [-0.05, 0) is 37.0 Å². The van der Waals surface area contributed by atoms with Crippen LogP contribution < -0.4 is 0 Å². The number of hydrogen-bond acceptors (Lipinski definition) is 3. The largest absolute Gasteiger partial charge is 0.478 e. The van der Waals surface area contributed by atoms with Crippen molar-refractivity contribution >= 4 is 11.9 Å². The maximum atomic E-state index is 12.5. The van der Waals surface area contributed by atoms with Crippen molar-refractivity contribution in [3.8, 4) is 0 Å². The highest BCUT2D eigenvalue weighted by molar-refractivity contribution is 5.88. The summed E-state index contributed by atoms with van der Waals surface area (Å²) < 4.78 is 5.71. The summed E-state index contributed by atoms with van der Waals surface area (Å²) in [6.45, 7) is 1.24. The zero-order chi connectivity index (χ0) is 14.8. The molecular formula is C16H19NO4. The number of carboxylic acids is 1. The monoisotopic (exact) mass is 289 g/mol. The van der Waals surface area contributed by atoms with Gasteiger partial charge in [0.25, 0.3) is 0 Å². The Morgan fingerprint density at radius 2 is 2.19 bits per heavy atom. The van der Waals surface area contributed by atoms with Crippen molar-refractivity contribution in [2.24, 2.45) is 0 Å². The van der Waals surface area contributed by atoms with Crippen LogP contribution >= 0.6 is 0 Å². The molecule has 1 aliphatic heterocycles. The van der Waals surface area contributed by atoms with E-state index in [2.05, 4.69) is 0 Å². The summed E-state index contributed by atoms with van der Waals surface area (Å²) >= 11 is 0. The molecule has 0 radical (unpaired) electrons. The van der Waals surface area contributed by atoms with E-state index in [4.69, 9.17) is 9.84 Å². The van der Waals surface area contributed by atoms with E-state index >= 15 is 0 Å². The van der Waals surface area contributed by atoms with Crippen LogP contribution in [0.2, 0.25) is 0 Å². The van der Waals surface area contributed by atoms with Crippen molar-refractivity contribution < 1.29 is 19.4 Å². The molecule has 1 aliphatic carbocycles. The number of fused-ring (bicyclic) bond motifs is 1. The van der Waals surface area contributed by atoms with Crippen LogP contribution in [0.15, 0.2) is 24.3 Å². The fourth-order valence-corrected chi connectivity index (χ4v) is 3.33. The van der Waals surface area contributed by atoms with Crippen LogP contribution in [-0.4, -0.2) is 47.2 Å². The van der Waals surface area contributed by atoms with Crippen molar-refractivity contribution in [2.45, 2.75) is 37.8 Å². The van der Waals surface area contributed by atoms with Crippen LogP contribution in [0.4, 0.5) is 0 Å². The third kappa shape index (κ3) is 2.93. The second-order valence-electron chi connectivity index (χ2n) is 5.68. The minimum absolute atomic E-state index is 0.0674. The van der Waals surface area contributed by atoms with Crippen LogP contribution in [-0.2, 0) is 16.0 Å². The molecule has 2 unspecified atom stereocenters. The van der Waals surface area contributed by atoms with Gasteiger partial charge in [-0.25, -0.2) is 4.79 Å². The molecule has 21 heavy (non-hydrogen) atoms. The summed E-state index contributed by atoms with van der Waals surface area (Å²) in [5, 5.41) is 9.00. The molecule has 3 rings (SSSR count). The summed E-state index contributed by atoms with van der Waals surface area (Å²) in [6.07, 6.45) is 3.58. The average Bonchev–Trinajstić information content (AvgIpc) is 2.95. The summed E-state index contributed by atoms with van der Waals surface area (Å²) in [6, 6.07) is 6.81. The Morgan fingerprint density at radius 1 is 1.33 bits per heavy atom. The molecule has 2 fully saturated rings. The van der Waals surface area contributed by atoms with Crippen LogP contribution in [0.25, 0.3) is 0 Å². The van der Waals surface area contributed by atoms with Gasteiger partial charge < -0.3 is 14.7 Å². The Morgan fingerprint density at radius 3 is 3.00 bits per heavy atom. The first kappa shape index (κ1) is 14.1. The van der Waals surface area contributed by atoms with Gasteiger partial charge in [0.1, 0.15) is 0 Å². The highest BCUT2D eigenvalue weighted by Crippen LogP contribution is 2.30. The van der Waals surface area contributed by atoms with Crippen molar-refractivity contribution in [1.29, 1.82) is 0 Å². The van der Waals surface area contributed by atoms with Crippen molar-refractivity contribution in [3.05, 3.63) is 35.4 Å². The van der Waals surface area contributed by atoms with Crippen molar-refractivity contribution in [3.63, 3.8) is 0 Å². The van der Waals surface area contributed by atoms with E-state index in [1.54, 1.807) is 18.2 Å². The molecule has 1 saturated heterocycles. The number of hydrogen-bond donors (Lipinski definition) is 1. The van der Waals surface area contributed by atoms with Gasteiger partial charge in [0.2, 0.25) is 5.91 Å². The molecule has 1 aromatic carbocycles. The number of nitrogens with zero attached hydrogens (tertiary/aromatic N) is 1. The SMILES string of the molecule is O=C(O)c1cccc(CC(=O)N2CCOC3CCCC32)c1. The molecule has 2 aliphatic rings. The summed E-state index contributed by atoms with van der Waals surface area (Å²) in [5.41, 5.74) is 0.974. The molecule has 1 amide bonds. The summed E-state index contributed by atoms with van der Waals surface area (Å²) in [5.74, 6) is -0.899. The fourth-order valence-electron chi connectivity index (χ4n) is 3.33. The lowest BCUT2D eigenvalue weighted by Crippen LogP contribution is -2.51. The normalized spacial score (nSPS) is 24.7. The molecular weight excluding hydrogens is 270 g/mol. The van der Waals surface area contributed by atoms with Crippen molar-refractivity contribution in [1.82, 2.24) is 4.90 Å². The van der Waals surface area contributed by atoms with E-state index in [0.29, 0.717) is 13.2 Å². The first-order valence-corrected chi connectivity index (χ1v) is 7.38. The van der Waals surface area contributed by atoms with E-state index in [9.17, 15) is 9.59 Å². The van der Waals surface area contributed by atoms with Gasteiger partial charge in [0, 0.05) is 6.54 Å². The van der Waals surface area contributed by atoms with Gasteiger partial charge in [-0.3, -0.25) is 4.79 Å². The molecule has 5 nitrogen and oxygen atoms in total. The standard InChI is InChI=1S/C16H19NO4/c18-15(10-11-3-1-4-12(9-11)16(19)20)17-7-8-21-14-6-2-5-13(14)17/h1,3-4,9,13-14H,2,5-8,10H2,(H,19,20). The van der Waals surface area contributed by atoms with Crippen LogP contribution in [0.3, 0.4) is 0 Å². The molecule has 1 aromatic rings. The topological polar surface area (TPSA) is 66.8 Å². The Hall–Kier alpha value is -1.88. The zero-order valence-corrected chi connectivity index (χ0v) is 11.8. The van der Waals surface area contributed by atoms with Crippen molar-refractivity contribution in [2.75, 3.05) is 13.2 Å². The van der Waals surface area contributed by atoms with E-state index < -0.39 is 5.97 Å². The van der Waals surface area contributed by atoms with Crippen LogP contribution in [0, 0.1) is 0 Å². The average molecular weight is 289 g/mol. The minimum atomic E-state index is -0.966. The Bertz CT molecular complexity index is 557. The quantitative estimate of drug-likeness (QED) is 0.920. The third-order valence-electron chi connectivity index (χ3n) is 4.33. The maximum absolute atomic E-state index is 12.5. The highest BCUT2D eigenvalue weighted by Gasteiger charge is 2.38. The Labute approximate surface area is 123 Å². The smallest absolute Gasteiger partial charge is 0.335 e. The zero-order valence-electron chi connectivity index (χ0n) is 11.8. The number of aromatic carboxylic acids is 1. The highest BCUT2D eigenvalue weighted by atomic mass is 16.5. The molecule has 0 bridgehead atoms. The number of carbonyl (C=O) groups is 2. The van der Waals surface area contributed by atoms with Crippen LogP contribution in [0.5, 0.6) is 0 Å². The molecule has 0 aromatic heterocycles. The number of amides is 1. The lowest BCUT2D eigenvalue weighted by Gasteiger charge is -2.37. The molecule has 5 heteroatoms. The first-order valence-electron chi connectivity index (χ1n) is 7.38. The van der Waals surface area contributed by atoms with Gasteiger partial charge >= 0.3 is 5.97 Å². The Kier molecular flexibility index (Phi) is 3.92. The fraction of sp³-hybridized carbons (Fsp3) is 0.500. The predicted molar refractivity (Wildman–Crippen MR) is 76.2 cm³/mol. The second kappa shape index (κ2) is 5.85. The first-order chi connectivity index (χ1) is 10.1. The molecule has 112 valence electrons. The third-order valence-corrected chi connectivity index (χ3v) is 4.33. The lowest BCUT2D eigenvalue weighted by molar-refractivity contribution is -0.143. The lowest BCUT2D eigenvalue weighted by atomic mass is 10.1. The van der Waals surface area contributed by atoms with Gasteiger partial charge in [0.05, 0.1) is 30.7 Å². The van der Waals surface area contributed by atoms with Gasteiger partial charge in [-0.2, -0.15) is 0 Å². The molecule has 2 atom stereocenters. The van der Waals surface area contributed by atoms with Gasteiger partial charge in [0.15, 0.2) is 0 Å². The number of carbonyl (C=O) groups excluding carboxylic acids is 1. The van der Waals surface area contributed by atoms with Gasteiger partial charge in [-0.1, -0.05) is 12.1 Å². The Balaban J connectivity index is 1.71. The van der Waals surface area contributed by atoms with E-state index in [1.165, 1.54) is 6.07 Å². The summed E-state index contributed by atoms with van der Waals surface area (Å²) in [7, 11) is 0. The van der Waals surface area contributed by atoms with E-state index in [0.717, 1.165) is 24.8 Å². The molecule has 0 spiro atoms.